The molecule has 1 aromatic rings. The maximum absolute atomic E-state index is 5.82. The predicted octanol–water partition coefficient (Wildman–Crippen LogP) is 2.05. The van der Waals surface area contributed by atoms with Gasteiger partial charge < -0.3 is 4.74 Å². The van der Waals surface area contributed by atoms with Crippen molar-refractivity contribution in [3.8, 4) is 0 Å². The standard InChI is InChI=1S/C13H17NO/c1-2-4-11(5-3-1)8-14-9-12-6-7-13(10-14)15-12/h1-5,12-13H,6-10H2/t12-,13+. The molecule has 2 heteroatoms. The van der Waals surface area contributed by atoms with Gasteiger partial charge in [0.2, 0.25) is 0 Å². The Hall–Kier alpha value is -0.860. The fourth-order valence-electron chi connectivity index (χ4n) is 2.67. The molecule has 0 radical (unpaired) electrons. The van der Waals surface area contributed by atoms with Crippen molar-refractivity contribution in [3.05, 3.63) is 35.9 Å². The van der Waals surface area contributed by atoms with Gasteiger partial charge in [-0.3, -0.25) is 4.90 Å². The van der Waals surface area contributed by atoms with Crippen LogP contribution in [0.25, 0.3) is 0 Å². The average molecular weight is 203 g/mol. The monoisotopic (exact) mass is 203 g/mol. The summed E-state index contributed by atoms with van der Waals surface area (Å²) in [6.45, 7) is 3.31. The summed E-state index contributed by atoms with van der Waals surface area (Å²) in [5.74, 6) is 0. The van der Waals surface area contributed by atoms with Gasteiger partial charge in [-0.25, -0.2) is 0 Å². The molecular weight excluding hydrogens is 186 g/mol. The van der Waals surface area contributed by atoms with Crippen molar-refractivity contribution in [1.82, 2.24) is 4.90 Å². The molecule has 0 N–H and O–H groups in total. The summed E-state index contributed by atoms with van der Waals surface area (Å²) in [4.78, 5) is 2.53. The normalized spacial score (nSPS) is 30.7. The molecule has 0 aliphatic carbocycles. The summed E-state index contributed by atoms with van der Waals surface area (Å²) in [5, 5.41) is 0. The topological polar surface area (TPSA) is 12.5 Å². The fourth-order valence-corrected chi connectivity index (χ4v) is 2.67. The lowest BCUT2D eigenvalue weighted by atomic mass is 10.2. The Bertz CT molecular complexity index is 313. The van der Waals surface area contributed by atoms with Crippen LogP contribution >= 0.6 is 0 Å². The largest absolute Gasteiger partial charge is 0.372 e. The van der Waals surface area contributed by atoms with Gasteiger partial charge in [0.05, 0.1) is 12.2 Å². The molecule has 2 aliphatic heterocycles. The third-order valence-corrected chi connectivity index (χ3v) is 3.37. The molecular formula is C13H17NO. The van der Waals surface area contributed by atoms with Crippen molar-refractivity contribution < 1.29 is 4.74 Å². The van der Waals surface area contributed by atoms with Crippen LogP contribution in [-0.4, -0.2) is 30.2 Å². The number of benzene rings is 1. The molecule has 0 unspecified atom stereocenters. The van der Waals surface area contributed by atoms with E-state index in [1.165, 1.54) is 18.4 Å². The minimum atomic E-state index is 0.507. The van der Waals surface area contributed by atoms with E-state index >= 15 is 0 Å². The number of rotatable bonds is 2. The minimum absolute atomic E-state index is 0.507. The highest BCUT2D eigenvalue weighted by Gasteiger charge is 2.33. The Labute approximate surface area is 90.8 Å². The summed E-state index contributed by atoms with van der Waals surface area (Å²) in [5.41, 5.74) is 1.42. The van der Waals surface area contributed by atoms with Gasteiger partial charge in [0.15, 0.2) is 0 Å². The first-order chi connectivity index (χ1) is 7.40. The van der Waals surface area contributed by atoms with Crippen LogP contribution in [0, 0.1) is 0 Å². The Morgan fingerprint density at radius 3 is 2.40 bits per heavy atom. The van der Waals surface area contributed by atoms with Gasteiger partial charge in [0.1, 0.15) is 0 Å². The molecule has 0 amide bonds. The molecule has 2 aliphatic rings. The molecule has 0 saturated carbocycles. The molecule has 2 fully saturated rings. The lowest BCUT2D eigenvalue weighted by Gasteiger charge is -2.32. The van der Waals surface area contributed by atoms with Crippen LogP contribution in [0.1, 0.15) is 18.4 Å². The summed E-state index contributed by atoms with van der Waals surface area (Å²) in [6.07, 6.45) is 3.53. The van der Waals surface area contributed by atoms with E-state index in [1.807, 2.05) is 0 Å². The van der Waals surface area contributed by atoms with E-state index in [2.05, 4.69) is 35.2 Å². The molecule has 2 heterocycles. The first kappa shape index (κ1) is 9.37. The van der Waals surface area contributed by atoms with Gasteiger partial charge >= 0.3 is 0 Å². The van der Waals surface area contributed by atoms with Crippen LogP contribution in [0.2, 0.25) is 0 Å². The molecule has 2 saturated heterocycles. The molecule has 80 valence electrons. The average Bonchev–Trinajstić information content (AvgIpc) is 2.60. The van der Waals surface area contributed by atoms with Gasteiger partial charge in [-0.05, 0) is 18.4 Å². The van der Waals surface area contributed by atoms with Crippen molar-refractivity contribution in [1.29, 1.82) is 0 Å². The fraction of sp³-hybridized carbons (Fsp3) is 0.538. The van der Waals surface area contributed by atoms with Crippen molar-refractivity contribution in [2.24, 2.45) is 0 Å². The summed E-state index contributed by atoms with van der Waals surface area (Å²) in [7, 11) is 0. The van der Waals surface area contributed by atoms with Crippen molar-refractivity contribution >= 4 is 0 Å². The zero-order valence-corrected chi connectivity index (χ0v) is 8.93. The molecule has 0 aromatic heterocycles. The van der Waals surface area contributed by atoms with Crippen LogP contribution in [0.4, 0.5) is 0 Å². The molecule has 2 atom stereocenters. The Morgan fingerprint density at radius 2 is 1.73 bits per heavy atom. The second-order valence-corrected chi connectivity index (χ2v) is 4.64. The quantitative estimate of drug-likeness (QED) is 0.729. The summed E-state index contributed by atoms with van der Waals surface area (Å²) in [6, 6.07) is 10.7. The number of morpholine rings is 1. The van der Waals surface area contributed by atoms with Gasteiger partial charge in [-0.1, -0.05) is 30.3 Å². The first-order valence-corrected chi connectivity index (χ1v) is 5.82. The van der Waals surface area contributed by atoms with Crippen molar-refractivity contribution in [3.63, 3.8) is 0 Å². The maximum atomic E-state index is 5.82. The van der Waals surface area contributed by atoms with Gasteiger partial charge in [0.25, 0.3) is 0 Å². The van der Waals surface area contributed by atoms with E-state index in [-0.39, 0.29) is 0 Å². The summed E-state index contributed by atoms with van der Waals surface area (Å²) < 4.78 is 5.82. The Balaban J connectivity index is 1.65. The molecule has 3 rings (SSSR count). The third-order valence-electron chi connectivity index (χ3n) is 3.37. The number of fused-ring (bicyclic) bond motifs is 2. The van der Waals surface area contributed by atoms with Crippen molar-refractivity contribution in [2.45, 2.75) is 31.6 Å². The smallest absolute Gasteiger partial charge is 0.0707 e. The van der Waals surface area contributed by atoms with E-state index in [1.54, 1.807) is 0 Å². The molecule has 0 spiro atoms. The SMILES string of the molecule is c1ccc(CN2C[C@H]3CC[C@@H](C2)O3)cc1. The van der Waals surface area contributed by atoms with Crippen LogP contribution in [-0.2, 0) is 11.3 Å². The number of nitrogens with zero attached hydrogens (tertiary/aromatic N) is 1. The highest BCUT2D eigenvalue weighted by Crippen LogP contribution is 2.26. The molecule has 15 heavy (non-hydrogen) atoms. The highest BCUT2D eigenvalue weighted by molar-refractivity contribution is 5.14. The van der Waals surface area contributed by atoms with Crippen LogP contribution in [0.5, 0.6) is 0 Å². The minimum Gasteiger partial charge on any atom is -0.372 e. The maximum Gasteiger partial charge on any atom is 0.0707 e. The highest BCUT2D eigenvalue weighted by atomic mass is 16.5. The van der Waals surface area contributed by atoms with Gasteiger partial charge in [-0.2, -0.15) is 0 Å². The Morgan fingerprint density at radius 1 is 1.07 bits per heavy atom. The Kier molecular flexibility index (Phi) is 2.47. The van der Waals surface area contributed by atoms with Crippen molar-refractivity contribution in [2.75, 3.05) is 13.1 Å². The second-order valence-electron chi connectivity index (χ2n) is 4.64. The third kappa shape index (κ3) is 2.06. The lowest BCUT2D eigenvalue weighted by Crippen LogP contribution is -2.41. The molecule has 1 aromatic carbocycles. The zero-order valence-electron chi connectivity index (χ0n) is 8.93. The molecule has 2 nitrogen and oxygen atoms in total. The molecule has 2 bridgehead atoms. The number of likely N-dealkylation sites (tertiary alicyclic amines) is 1. The lowest BCUT2D eigenvalue weighted by molar-refractivity contribution is -0.0410. The van der Waals surface area contributed by atoms with E-state index in [4.69, 9.17) is 4.74 Å². The summed E-state index contributed by atoms with van der Waals surface area (Å²) >= 11 is 0. The van der Waals surface area contributed by atoms with E-state index in [0.717, 1.165) is 19.6 Å². The van der Waals surface area contributed by atoms with E-state index in [0.29, 0.717) is 12.2 Å². The second kappa shape index (κ2) is 3.95. The van der Waals surface area contributed by atoms with Gasteiger partial charge in [0, 0.05) is 19.6 Å². The van der Waals surface area contributed by atoms with Crippen LogP contribution < -0.4 is 0 Å². The number of hydrogen-bond donors (Lipinski definition) is 0. The number of ether oxygens (including phenoxy) is 1. The predicted molar refractivity (Wildman–Crippen MR) is 59.6 cm³/mol. The van der Waals surface area contributed by atoms with Crippen LogP contribution in [0.3, 0.4) is 0 Å². The number of hydrogen-bond acceptors (Lipinski definition) is 2. The first-order valence-electron chi connectivity index (χ1n) is 5.82. The van der Waals surface area contributed by atoms with E-state index < -0.39 is 0 Å². The van der Waals surface area contributed by atoms with Crippen LogP contribution in [0.15, 0.2) is 30.3 Å². The van der Waals surface area contributed by atoms with Gasteiger partial charge in [-0.15, -0.1) is 0 Å². The zero-order chi connectivity index (χ0) is 10.1. The van der Waals surface area contributed by atoms with E-state index in [9.17, 15) is 0 Å².